The van der Waals surface area contributed by atoms with Gasteiger partial charge in [-0.1, -0.05) is 18.2 Å². The van der Waals surface area contributed by atoms with Crippen molar-refractivity contribution < 1.29 is 9.47 Å². The molecule has 5 nitrogen and oxygen atoms in total. The summed E-state index contributed by atoms with van der Waals surface area (Å²) in [5, 5.41) is 3.42. The van der Waals surface area contributed by atoms with Crippen LogP contribution in [-0.4, -0.2) is 55.9 Å². The number of para-hydroxylation sites is 1. The molecule has 1 N–H and O–H groups in total. The first kappa shape index (κ1) is 17.1. The van der Waals surface area contributed by atoms with Gasteiger partial charge in [0.15, 0.2) is 5.96 Å². The molecule has 0 aliphatic carbocycles. The lowest BCUT2D eigenvalue weighted by Gasteiger charge is -2.34. The quantitative estimate of drug-likeness (QED) is 0.666. The van der Waals surface area contributed by atoms with Crippen LogP contribution in [0.15, 0.2) is 35.3 Å². The number of hydrogen-bond acceptors (Lipinski definition) is 3. The average molecular weight is 331 g/mol. The van der Waals surface area contributed by atoms with E-state index in [9.17, 15) is 0 Å². The Hall–Kier alpha value is -1.75. The largest absolute Gasteiger partial charge is 0.490 e. The maximum absolute atomic E-state index is 6.08. The van der Waals surface area contributed by atoms with E-state index < -0.39 is 0 Å². The predicted octanol–water partition coefficient (Wildman–Crippen LogP) is 2.67. The molecule has 2 fully saturated rings. The van der Waals surface area contributed by atoms with Gasteiger partial charge in [-0.25, -0.2) is 0 Å². The average Bonchev–Trinajstić information content (AvgIpc) is 3.14. The molecule has 132 valence electrons. The van der Waals surface area contributed by atoms with Gasteiger partial charge in [-0.2, -0.15) is 0 Å². The fourth-order valence-corrected chi connectivity index (χ4v) is 3.28. The molecular weight excluding hydrogens is 302 g/mol. The van der Waals surface area contributed by atoms with Gasteiger partial charge in [0.25, 0.3) is 0 Å². The second-order valence-corrected chi connectivity index (χ2v) is 6.45. The van der Waals surface area contributed by atoms with E-state index in [1.807, 2.05) is 30.3 Å². The number of nitrogens with zero attached hydrogens (tertiary/aromatic N) is 2. The van der Waals surface area contributed by atoms with Gasteiger partial charge in [-0.3, -0.25) is 4.99 Å². The van der Waals surface area contributed by atoms with Gasteiger partial charge < -0.3 is 19.7 Å². The SMILES string of the molecule is CCNC(=NCC1CCCO1)N1CCC(Oc2ccccc2)CC1. The van der Waals surface area contributed by atoms with Crippen molar-refractivity contribution in [3.8, 4) is 5.75 Å². The smallest absolute Gasteiger partial charge is 0.194 e. The van der Waals surface area contributed by atoms with Crippen molar-refractivity contribution in [1.82, 2.24) is 10.2 Å². The van der Waals surface area contributed by atoms with E-state index in [1.54, 1.807) is 0 Å². The first-order chi connectivity index (χ1) is 11.8. The molecule has 0 spiro atoms. The molecular formula is C19H29N3O2. The summed E-state index contributed by atoms with van der Waals surface area (Å²) in [5.74, 6) is 1.99. The van der Waals surface area contributed by atoms with Crippen molar-refractivity contribution in [3.05, 3.63) is 30.3 Å². The zero-order chi connectivity index (χ0) is 16.6. The van der Waals surface area contributed by atoms with Crippen LogP contribution in [0, 0.1) is 0 Å². The zero-order valence-electron chi connectivity index (χ0n) is 14.6. The van der Waals surface area contributed by atoms with Gasteiger partial charge in [0.05, 0.1) is 12.6 Å². The number of hydrogen-bond donors (Lipinski definition) is 1. The van der Waals surface area contributed by atoms with Crippen LogP contribution < -0.4 is 10.1 Å². The molecule has 0 radical (unpaired) electrons. The van der Waals surface area contributed by atoms with E-state index in [1.165, 1.54) is 6.42 Å². The van der Waals surface area contributed by atoms with Crippen molar-refractivity contribution in [2.24, 2.45) is 4.99 Å². The first-order valence-electron chi connectivity index (χ1n) is 9.21. The minimum absolute atomic E-state index is 0.296. The molecule has 0 saturated carbocycles. The molecule has 0 bridgehead atoms. The fraction of sp³-hybridized carbons (Fsp3) is 0.632. The number of piperidine rings is 1. The lowest BCUT2D eigenvalue weighted by molar-refractivity contribution is 0.116. The third kappa shape index (κ3) is 4.87. The van der Waals surface area contributed by atoms with Crippen molar-refractivity contribution >= 4 is 5.96 Å². The Balaban J connectivity index is 1.50. The molecule has 1 atom stereocenters. The second-order valence-electron chi connectivity index (χ2n) is 6.45. The number of guanidine groups is 1. The van der Waals surface area contributed by atoms with Crippen LogP contribution in [0.5, 0.6) is 5.75 Å². The highest BCUT2D eigenvalue weighted by atomic mass is 16.5. The Morgan fingerprint density at radius 3 is 2.71 bits per heavy atom. The van der Waals surface area contributed by atoms with E-state index in [0.717, 1.165) is 63.8 Å². The molecule has 24 heavy (non-hydrogen) atoms. The number of ether oxygens (including phenoxy) is 2. The molecule has 2 heterocycles. The summed E-state index contributed by atoms with van der Waals surface area (Å²) in [7, 11) is 0. The van der Waals surface area contributed by atoms with Gasteiger partial charge >= 0.3 is 0 Å². The highest BCUT2D eigenvalue weighted by Crippen LogP contribution is 2.19. The monoisotopic (exact) mass is 331 g/mol. The third-order valence-corrected chi connectivity index (χ3v) is 4.59. The molecule has 0 amide bonds. The van der Waals surface area contributed by atoms with E-state index in [2.05, 4.69) is 17.1 Å². The molecule has 0 aromatic heterocycles. The molecule has 2 aliphatic heterocycles. The minimum atomic E-state index is 0.296. The van der Waals surface area contributed by atoms with Gasteiger partial charge in [0, 0.05) is 39.1 Å². The van der Waals surface area contributed by atoms with Crippen LogP contribution in [0.25, 0.3) is 0 Å². The minimum Gasteiger partial charge on any atom is -0.490 e. The van der Waals surface area contributed by atoms with E-state index in [-0.39, 0.29) is 0 Å². The molecule has 3 rings (SSSR count). The number of likely N-dealkylation sites (tertiary alicyclic amines) is 1. The van der Waals surface area contributed by atoms with Crippen molar-refractivity contribution in [2.75, 3.05) is 32.8 Å². The van der Waals surface area contributed by atoms with Crippen LogP contribution in [0.1, 0.15) is 32.6 Å². The van der Waals surface area contributed by atoms with Gasteiger partial charge in [0.2, 0.25) is 0 Å². The normalized spacial score (nSPS) is 22.6. The van der Waals surface area contributed by atoms with Crippen LogP contribution in [0.4, 0.5) is 0 Å². The summed E-state index contributed by atoms with van der Waals surface area (Å²) in [6.07, 6.45) is 4.95. The standard InChI is InChI=1S/C19H29N3O2/c1-2-20-19(21-15-18-9-6-14-23-18)22-12-10-17(11-13-22)24-16-7-4-3-5-8-16/h3-5,7-8,17-18H,2,6,9-15H2,1H3,(H,20,21). The first-order valence-corrected chi connectivity index (χ1v) is 9.21. The van der Waals surface area contributed by atoms with Gasteiger partial charge in [-0.15, -0.1) is 0 Å². The van der Waals surface area contributed by atoms with Crippen LogP contribution in [-0.2, 0) is 4.74 Å². The Bertz CT molecular complexity index is 507. The molecule has 1 unspecified atom stereocenters. The Morgan fingerprint density at radius 2 is 2.04 bits per heavy atom. The van der Waals surface area contributed by atoms with Crippen LogP contribution in [0.2, 0.25) is 0 Å². The van der Waals surface area contributed by atoms with E-state index in [4.69, 9.17) is 14.5 Å². The summed E-state index contributed by atoms with van der Waals surface area (Å²) < 4.78 is 11.8. The molecule has 2 saturated heterocycles. The van der Waals surface area contributed by atoms with Gasteiger partial charge in [-0.05, 0) is 31.9 Å². The van der Waals surface area contributed by atoms with Crippen molar-refractivity contribution in [3.63, 3.8) is 0 Å². The second kappa shape index (κ2) is 8.92. The Labute approximate surface area is 145 Å². The van der Waals surface area contributed by atoms with Crippen molar-refractivity contribution in [1.29, 1.82) is 0 Å². The van der Waals surface area contributed by atoms with E-state index in [0.29, 0.717) is 12.2 Å². The maximum Gasteiger partial charge on any atom is 0.194 e. The molecule has 1 aromatic carbocycles. The molecule has 1 aromatic rings. The van der Waals surface area contributed by atoms with E-state index >= 15 is 0 Å². The fourth-order valence-electron chi connectivity index (χ4n) is 3.28. The summed E-state index contributed by atoms with van der Waals surface area (Å²) >= 11 is 0. The highest BCUT2D eigenvalue weighted by molar-refractivity contribution is 5.80. The Kier molecular flexibility index (Phi) is 6.35. The lowest BCUT2D eigenvalue weighted by atomic mass is 10.1. The number of rotatable bonds is 5. The number of aliphatic imine (C=N–C) groups is 1. The number of benzene rings is 1. The lowest BCUT2D eigenvalue weighted by Crippen LogP contribution is -2.47. The maximum atomic E-state index is 6.08. The Morgan fingerprint density at radius 1 is 1.25 bits per heavy atom. The highest BCUT2D eigenvalue weighted by Gasteiger charge is 2.23. The molecule has 2 aliphatic rings. The summed E-state index contributed by atoms with van der Waals surface area (Å²) in [5.41, 5.74) is 0. The topological polar surface area (TPSA) is 46.1 Å². The van der Waals surface area contributed by atoms with Gasteiger partial charge in [0.1, 0.15) is 11.9 Å². The summed E-state index contributed by atoms with van der Waals surface area (Å²) in [6, 6.07) is 10.1. The van der Waals surface area contributed by atoms with Crippen LogP contribution >= 0.6 is 0 Å². The predicted molar refractivity (Wildman–Crippen MR) is 96.6 cm³/mol. The number of nitrogens with one attached hydrogen (secondary N) is 1. The van der Waals surface area contributed by atoms with Crippen LogP contribution in [0.3, 0.4) is 0 Å². The molecule has 5 heteroatoms. The van der Waals surface area contributed by atoms with Crippen molar-refractivity contribution in [2.45, 2.75) is 44.8 Å². The summed E-state index contributed by atoms with van der Waals surface area (Å²) in [6.45, 7) is 6.63. The zero-order valence-corrected chi connectivity index (χ0v) is 14.6. The third-order valence-electron chi connectivity index (χ3n) is 4.59. The summed E-state index contributed by atoms with van der Waals surface area (Å²) in [4.78, 5) is 7.14.